The average Bonchev–Trinajstić information content (AvgIpc) is 3.24. The first-order chi connectivity index (χ1) is 15.7. The molecule has 0 aliphatic heterocycles. The van der Waals surface area contributed by atoms with E-state index in [-0.39, 0.29) is 33.2 Å². The van der Waals surface area contributed by atoms with E-state index in [1.165, 1.54) is 29.2 Å². The Kier molecular flexibility index (Phi) is 6.78. The SMILES string of the molecule is CN(Cc1ccc(Cl)cc1Cl)C(=O)c1ccc(Cl)cc1NS(=O)(=O)c1cccc2nsnc12. The van der Waals surface area contributed by atoms with Gasteiger partial charge >= 0.3 is 0 Å². The van der Waals surface area contributed by atoms with Crippen LogP contribution in [0.15, 0.2) is 59.5 Å². The van der Waals surface area contributed by atoms with E-state index in [1.54, 1.807) is 37.4 Å². The van der Waals surface area contributed by atoms with Crippen LogP contribution in [0.4, 0.5) is 5.69 Å². The van der Waals surface area contributed by atoms with Crippen LogP contribution in [0.1, 0.15) is 15.9 Å². The summed E-state index contributed by atoms with van der Waals surface area (Å²) in [5, 5.41) is 1.17. The Morgan fingerprint density at radius 1 is 1.03 bits per heavy atom. The molecule has 0 atom stereocenters. The molecule has 170 valence electrons. The van der Waals surface area contributed by atoms with Crippen molar-refractivity contribution in [2.24, 2.45) is 0 Å². The zero-order valence-corrected chi connectivity index (χ0v) is 20.8. The maximum atomic E-state index is 13.2. The molecule has 1 aromatic heterocycles. The first-order valence-corrected chi connectivity index (χ1v) is 12.7. The van der Waals surface area contributed by atoms with Gasteiger partial charge in [-0.1, -0.05) is 46.9 Å². The fourth-order valence-corrected chi connectivity index (χ4v) is 5.65. The van der Waals surface area contributed by atoms with Gasteiger partial charge in [0.05, 0.1) is 23.0 Å². The predicted molar refractivity (Wildman–Crippen MR) is 132 cm³/mol. The highest BCUT2D eigenvalue weighted by molar-refractivity contribution is 7.93. The van der Waals surface area contributed by atoms with Crippen LogP contribution in [-0.2, 0) is 16.6 Å². The van der Waals surface area contributed by atoms with E-state index in [1.807, 2.05) is 0 Å². The number of hydrogen-bond acceptors (Lipinski definition) is 6. The van der Waals surface area contributed by atoms with E-state index in [0.717, 1.165) is 11.7 Å². The van der Waals surface area contributed by atoms with Gasteiger partial charge in [-0.25, -0.2) is 8.42 Å². The molecule has 0 bridgehead atoms. The van der Waals surface area contributed by atoms with Crippen molar-refractivity contribution in [3.05, 3.63) is 80.8 Å². The van der Waals surface area contributed by atoms with Crippen molar-refractivity contribution in [2.45, 2.75) is 11.4 Å². The molecule has 1 heterocycles. The highest BCUT2D eigenvalue weighted by Gasteiger charge is 2.24. The number of carbonyl (C=O) groups is 1. The second-order valence-electron chi connectivity index (χ2n) is 7.08. The van der Waals surface area contributed by atoms with Crippen LogP contribution in [0.5, 0.6) is 0 Å². The minimum atomic E-state index is -4.09. The summed E-state index contributed by atoms with van der Waals surface area (Å²) < 4.78 is 37.0. The third kappa shape index (κ3) is 5.07. The van der Waals surface area contributed by atoms with Gasteiger partial charge in [0.15, 0.2) is 0 Å². The molecule has 1 N–H and O–H groups in total. The summed E-state index contributed by atoms with van der Waals surface area (Å²) in [6.07, 6.45) is 0. The summed E-state index contributed by atoms with van der Waals surface area (Å²) in [5.74, 6) is -0.427. The van der Waals surface area contributed by atoms with Gasteiger partial charge in [-0.3, -0.25) is 9.52 Å². The van der Waals surface area contributed by atoms with Gasteiger partial charge in [-0.15, -0.1) is 0 Å². The molecular formula is C21H15Cl3N4O3S2. The van der Waals surface area contributed by atoms with Crippen LogP contribution in [0.3, 0.4) is 0 Å². The molecule has 4 rings (SSSR count). The van der Waals surface area contributed by atoms with Gasteiger partial charge in [0.1, 0.15) is 15.9 Å². The topological polar surface area (TPSA) is 92.3 Å². The second kappa shape index (κ2) is 9.44. The molecule has 1 amide bonds. The largest absolute Gasteiger partial charge is 0.337 e. The van der Waals surface area contributed by atoms with Gasteiger partial charge in [-0.2, -0.15) is 8.75 Å². The summed E-state index contributed by atoms with van der Waals surface area (Å²) in [6, 6.07) is 14.0. The number of rotatable bonds is 6. The third-order valence-corrected chi connectivity index (χ3v) is 7.53. The van der Waals surface area contributed by atoms with Gasteiger partial charge in [0.2, 0.25) is 0 Å². The van der Waals surface area contributed by atoms with Crippen LogP contribution < -0.4 is 4.72 Å². The Morgan fingerprint density at radius 2 is 1.76 bits per heavy atom. The molecule has 0 saturated carbocycles. The van der Waals surface area contributed by atoms with E-state index in [2.05, 4.69) is 13.5 Å². The van der Waals surface area contributed by atoms with Crippen LogP contribution >= 0.6 is 46.5 Å². The van der Waals surface area contributed by atoms with Crippen molar-refractivity contribution in [2.75, 3.05) is 11.8 Å². The van der Waals surface area contributed by atoms with E-state index in [4.69, 9.17) is 34.8 Å². The Hall–Kier alpha value is -2.43. The monoisotopic (exact) mass is 540 g/mol. The second-order valence-corrected chi connectivity index (χ2v) is 10.5. The molecule has 3 aromatic carbocycles. The van der Waals surface area contributed by atoms with Crippen LogP contribution in [-0.4, -0.2) is 35.0 Å². The lowest BCUT2D eigenvalue weighted by Gasteiger charge is -2.20. The Bertz CT molecular complexity index is 1470. The van der Waals surface area contributed by atoms with Gasteiger partial charge < -0.3 is 4.90 Å². The fraction of sp³-hybridized carbons (Fsp3) is 0.0952. The minimum Gasteiger partial charge on any atom is -0.337 e. The molecule has 0 radical (unpaired) electrons. The molecule has 0 unspecified atom stereocenters. The van der Waals surface area contributed by atoms with Crippen molar-refractivity contribution in [1.29, 1.82) is 0 Å². The van der Waals surface area contributed by atoms with Crippen molar-refractivity contribution in [1.82, 2.24) is 13.6 Å². The molecule has 0 saturated heterocycles. The maximum absolute atomic E-state index is 13.2. The zero-order valence-electron chi connectivity index (χ0n) is 16.9. The number of halogens is 3. The Balaban J connectivity index is 1.66. The smallest absolute Gasteiger partial charge is 0.264 e. The molecule has 0 aliphatic rings. The maximum Gasteiger partial charge on any atom is 0.264 e. The van der Waals surface area contributed by atoms with Crippen LogP contribution in [0, 0.1) is 0 Å². The lowest BCUT2D eigenvalue weighted by molar-refractivity contribution is 0.0786. The summed E-state index contributed by atoms with van der Waals surface area (Å²) in [4.78, 5) is 14.6. The third-order valence-electron chi connectivity index (χ3n) is 4.76. The molecule has 33 heavy (non-hydrogen) atoms. The minimum absolute atomic E-state index is 0.0433. The van der Waals surface area contributed by atoms with Crippen molar-refractivity contribution < 1.29 is 13.2 Å². The number of benzene rings is 3. The Labute approximate surface area is 209 Å². The normalized spacial score (nSPS) is 11.5. The van der Waals surface area contributed by atoms with Crippen molar-refractivity contribution in [3.63, 3.8) is 0 Å². The standard InChI is InChI=1S/C21H15Cl3N4O3S2/c1-28(11-12-5-6-13(22)9-16(12)24)21(29)15-8-7-14(23)10-18(15)27-33(30,31)19-4-2-3-17-20(19)26-32-25-17/h2-10,27H,11H2,1H3. The molecule has 7 nitrogen and oxygen atoms in total. The molecule has 12 heteroatoms. The van der Waals surface area contributed by atoms with E-state index >= 15 is 0 Å². The fourth-order valence-electron chi connectivity index (χ4n) is 3.17. The molecule has 0 fully saturated rings. The van der Waals surface area contributed by atoms with Crippen molar-refractivity contribution in [3.8, 4) is 0 Å². The highest BCUT2D eigenvalue weighted by Crippen LogP contribution is 2.29. The van der Waals surface area contributed by atoms with E-state index in [0.29, 0.717) is 21.1 Å². The number of carbonyl (C=O) groups excluding carboxylic acids is 1. The molecule has 0 spiro atoms. The lowest BCUT2D eigenvalue weighted by Crippen LogP contribution is -2.27. The van der Waals surface area contributed by atoms with E-state index in [9.17, 15) is 13.2 Å². The number of aromatic nitrogens is 2. The van der Waals surface area contributed by atoms with Gasteiger partial charge in [0.25, 0.3) is 15.9 Å². The van der Waals surface area contributed by atoms with Crippen molar-refractivity contribution >= 4 is 79.2 Å². The number of fused-ring (bicyclic) bond motifs is 1. The highest BCUT2D eigenvalue weighted by atomic mass is 35.5. The number of nitrogens with zero attached hydrogens (tertiary/aromatic N) is 3. The molecular weight excluding hydrogens is 527 g/mol. The van der Waals surface area contributed by atoms with Gasteiger partial charge in [0, 0.05) is 28.7 Å². The molecule has 4 aromatic rings. The zero-order chi connectivity index (χ0) is 23.8. The summed E-state index contributed by atoms with van der Waals surface area (Å²) in [6.45, 7) is 0.188. The number of anilines is 1. The predicted octanol–water partition coefficient (Wildman–Crippen LogP) is 5.72. The number of nitrogens with one attached hydrogen (secondary N) is 1. The summed E-state index contributed by atoms with van der Waals surface area (Å²) in [5.41, 5.74) is 1.57. The Morgan fingerprint density at radius 3 is 2.52 bits per heavy atom. The number of amides is 1. The van der Waals surface area contributed by atoms with Gasteiger partial charge in [-0.05, 0) is 48.0 Å². The first kappa shape index (κ1) is 23.7. The van der Waals surface area contributed by atoms with Crippen LogP contribution in [0.2, 0.25) is 15.1 Å². The summed E-state index contributed by atoms with van der Waals surface area (Å²) in [7, 11) is -2.50. The molecule has 0 aliphatic carbocycles. The average molecular weight is 542 g/mol. The number of hydrogen-bond donors (Lipinski definition) is 1. The quantitative estimate of drug-likeness (QED) is 0.337. The lowest BCUT2D eigenvalue weighted by atomic mass is 10.1. The first-order valence-electron chi connectivity index (χ1n) is 9.39. The number of sulfonamides is 1. The van der Waals surface area contributed by atoms with Crippen LogP contribution in [0.25, 0.3) is 11.0 Å². The van der Waals surface area contributed by atoms with E-state index < -0.39 is 15.9 Å². The summed E-state index contributed by atoms with van der Waals surface area (Å²) >= 11 is 19.2.